The Morgan fingerprint density at radius 1 is 1.05 bits per heavy atom. The van der Waals surface area contributed by atoms with E-state index in [4.69, 9.17) is 10.5 Å². The number of aromatic nitrogens is 2. The highest BCUT2D eigenvalue weighted by molar-refractivity contribution is 7.89. The lowest BCUT2D eigenvalue weighted by Crippen LogP contribution is -2.61. The van der Waals surface area contributed by atoms with Crippen molar-refractivity contribution >= 4 is 26.0 Å². The Morgan fingerprint density at radius 2 is 1.75 bits per heavy atom. The molecule has 4 rings (SSSR count). The van der Waals surface area contributed by atoms with Gasteiger partial charge in [-0.1, -0.05) is 18.2 Å². The molecular weight excluding hydrogens is 554 g/mol. The van der Waals surface area contributed by atoms with Crippen LogP contribution in [0.2, 0.25) is 0 Å². The third-order valence-corrected chi connectivity index (χ3v) is 9.66. The normalized spacial score (nSPS) is 16.6. The number of amides is 1. The summed E-state index contributed by atoms with van der Waals surface area (Å²) < 4.78 is 55.4. The van der Waals surface area contributed by atoms with Gasteiger partial charge < -0.3 is 9.88 Å². The molecule has 0 bridgehead atoms. The molecule has 40 heavy (non-hydrogen) atoms. The first-order valence-corrected chi connectivity index (χ1v) is 15.5. The van der Waals surface area contributed by atoms with E-state index in [1.54, 1.807) is 30.7 Å². The fourth-order valence-electron chi connectivity index (χ4n) is 4.51. The van der Waals surface area contributed by atoms with Gasteiger partial charge in [0.15, 0.2) is 0 Å². The SMILES string of the molecule is CS(=O)(=O)N1CCN(S(=O)(=O)c2cccc(C#N)c2)CC1C(=O)NCCc1cncn1Cc1cccc(C#N)c1. The van der Waals surface area contributed by atoms with E-state index in [-0.39, 0.29) is 36.6 Å². The van der Waals surface area contributed by atoms with Gasteiger partial charge in [0.25, 0.3) is 0 Å². The van der Waals surface area contributed by atoms with E-state index in [1.165, 1.54) is 24.3 Å². The van der Waals surface area contributed by atoms with Crippen molar-refractivity contribution in [2.75, 3.05) is 32.4 Å². The van der Waals surface area contributed by atoms with Crippen molar-refractivity contribution in [1.29, 1.82) is 10.5 Å². The molecule has 1 fully saturated rings. The lowest BCUT2D eigenvalue weighted by Gasteiger charge is -2.38. The highest BCUT2D eigenvalue weighted by Crippen LogP contribution is 2.22. The summed E-state index contributed by atoms with van der Waals surface area (Å²) in [6, 6.07) is 15.5. The molecule has 1 N–H and O–H groups in total. The van der Waals surface area contributed by atoms with Gasteiger partial charge in [-0.05, 0) is 35.9 Å². The monoisotopic (exact) mass is 581 g/mol. The molecule has 208 valence electrons. The molecule has 0 spiro atoms. The maximum Gasteiger partial charge on any atom is 0.243 e. The number of imidazole rings is 1. The van der Waals surface area contributed by atoms with E-state index in [1.807, 2.05) is 16.7 Å². The van der Waals surface area contributed by atoms with Crippen LogP contribution in [0, 0.1) is 22.7 Å². The standard InChI is InChI=1S/C26H27N7O5S2/c1-39(35,36)33-11-10-32(40(37,38)24-7-3-5-21(13-24)15-28)18-25(33)26(34)30-9-8-23-16-29-19-31(23)17-22-6-2-4-20(12-22)14-27/h2-7,12-13,16,19,25H,8-11,17-18H2,1H3,(H,30,34). The van der Waals surface area contributed by atoms with Gasteiger partial charge in [0.05, 0.1) is 40.7 Å². The van der Waals surface area contributed by atoms with E-state index in [0.29, 0.717) is 18.5 Å². The van der Waals surface area contributed by atoms with Gasteiger partial charge >= 0.3 is 0 Å². The summed E-state index contributed by atoms with van der Waals surface area (Å²) in [6.45, 7) is -0.0626. The second-order valence-corrected chi connectivity index (χ2v) is 13.1. The minimum atomic E-state index is -4.08. The lowest BCUT2D eigenvalue weighted by molar-refractivity contribution is -0.125. The molecule has 1 saturated heterocycles. The van der Waals surface area contributed by atoms with Crippen LogP contribution in [0.3, 0.4) is 0 Å². The second-order valence-electron chi connectivity index (χ2n) is 9.26. The molecule has 0 radical (unpaired) electrons. The fourth-order valence-corrected chi connectivity index (χ4v) is 7.03. The Hall–Kier alpha value is -4.08. The summed E-state index contributed by atoms with van der Waals surface area (Å²) in [4.78, 5) is 17.3. The van der Waals surface area contributed by atoms with Crippen molar-refractivity contribution < 1.29 is 21.6 Å². The van der Waals surface area contributed by atoms with Gasteiger partial charge in [-0.2, -0.15) is 19.1 Å². The quantitative estimate of drug-likeness (QED) is 0.384. The van der Waals surface area contributed by atoms with Crippen molar-refractivity contribution in [3.8, 4) is 12.1 Å². The predicted octanol–water partition coefficient (Wildman–Crippen LogP) is 0.668. The predicted molar refractivity (Wildman–Crippen MR) is 144 cm³/mol. The van der Waals surface area contributed by atoms with Crippen molar-refractivity contribution in [2.45, 2.75) is 23.9 Å². The van der Waals surface area contributed by atoms with Gasteiger partial charge in [-0.25, -0.2) is 21.8 Å². The minimum absolute atomic E-state index is 0.105. The molecule has 0 saturated carbocycles. The number of carbonyl (C=O) groups excluding carboxylic acids is 1. The minimum Gasteiger partial charge on any atom is -0.354 e. The number of carbonyl (C=O) groups is 1. The van der Waals surface area contributed by atoms with Crippen LogP contribution in [0.4, 0.5) is 0 Å². The number of benzene rings is 2. The van der Waals surface area contributed by atoms with Crippen molar-refractivity contribution in [1.82, 2.24) is 23.5 Å². The molecule has 1 aliphatic heterocycles. The molecule has 2 aromatic carbocycles. The summed E-state index contributed by atoms with van der Waals surface area (Å²) in [5.74, 6) is -0.621. The summed E-state index contributed by atoms with van der Waals surface area (Å²) in [7, 11) is -7.89. The number of hydrogen-bond donors (Lipinski definition) is 1. The van der Waals surface area contributed by atoms with Crippen LogP contribution in [0.15, 0.2) is 66.0 Å². The molecule has 1 unspecified atom stereocenters. The third kappa shape index (κ3) is 6.55. The molecule has 1 aliphatic rings. The molecule has 1 aromatic heterocycles. The molecule has 0 aliphatic carbocycles. The van der Waals surface area contributed by atoms with Gasteiger partial charge in [-0.15, -0.1) is 0 Å². The van der Waals surface area contributed by atoms with Crippen LogP contribution in [0.1, 0.15) is 22.4 Å². The Kier molecular flexibility index (Phi) is 8.66. The molecule has 1 atom stereocenters. The summed E-state index contributed by atoms with van der Waals surface area (Å²) in [5.41, 5.74) is 2.44. The number of sulfonamides is 2. The maximum absolute atomic E-state index is 13.3. The molecule has 2 heterocycles. The van der Waals surface area contributed by atoms with Gasteiger partial charge in [0, 0.05) is 51.0 Å². The first kappa shape index (κ1) is 28.9. The Balaban J connectivity index is 1.45. The summed E-state index contributed by atoms with van der Waals surface area (Å²) >= 11 is 0. The highest BCUT2D eigenvalue weighted by atomic mass is 32.2. The number of nitriles is 2. The van der Waals surface area contributed by atoms with Crippen LogP contribution >= 0.6 is 0 Å². The molecule has 1 amide bonds. The topological polar surface area (TPSA) is 169 Å². The van der Waals surface area contributed by atoms with Crippen LogP contribution in [-0.4, -0.2) is 79.4 Å². The van der Waals surface area contributed by atoms with E-state index in [2.05, 4.69) is 16.4 Å². The average Bonchev–Trinajstić information content (AvgIpc) is 3.38. The van der Waals surface area contributed by atoms with E-state index in [0.717, 1.165) is 26.1 Å². The van der Waals surface area contributed by atoms with Crippen molar-refractivity contribution in [3.63, 3.8) is 0 Å². The lowest BCUT2D eigenvalue weighted by atomic mass is 10.1. The molecule has 3 aromatic rings. The van der Waals surface area contributed by atoms with Gasteiger partial charge in [0.1, 0.15) is 6.04 Å². The molecule has 14 heteroatoms. The van der Waals surface area contributed by atoms with E-state index in [9.17, 15) is 21.6 Å². The maximum atomic E-state index is 13.3. The first-order chi connectivity index (χ1) is 19.0. The summed E-state index contributed by atoms with van der Waals surface area (Å²) in [6.07, 6.45) is 4.67. The first-order valence-electron chi connectivity index (χ1n) is 12.3. The second kappa shape index (κ2) is 12.0. The van der Waals surface area contributed by atoms with Gasteiger partial charge in [-0.3, -0.25) is 4.79 Å². The molecule has 12 nitrogen and oxygen atoms in total. The molecular formula is C26H27N7O5S2. The van der Waals surface area contributed by atoms with Crippen molar-refractivity contribution in [2.24, 2.45) is 0 Å². The Bertz CT molecular complexity index is 1700. The van der Waals surface area contributed by atoms with Crippen molar-refractivity contribution in [3.05, 3.63) is 83.4 Å². The zero-order valence-electron chi connectivity index (χ0n) is 21.6. The number of nitrogens with zero attached hydrogens (tertiary/aromatic N) is 6. The zero-order chi connectivity index (χ0) is 28.9. The average molecular weight is 582 g/mol. The van der Waals surface area contributed by atoms with Crippen LogP contribution in [0.5, 0.6) is 0 Å². The smallest absolute Gasteiger partial charge is 0.243 e. The number of nitrogens with one attached hydrogen (secondary N) is 1. The fraction of sp³-hybridized carbons (Fsp3) is 0.308. The number of hydrogen-bond acceptors (Lipinski definition) is 8. The van der Waals surface area contributed by atoms with Crippen LogP contribution in [-0.2, 0) is 37.8 Å². The Morgan fingerprint density at radius 3 is 2.45 bits per heavy atom. The van der Waals surface area contributed by atoms with Crippen LogP contribution in [0.25, 0.3) is 0 Å². The highest BCUT2D eigenvalue weighted by Gasteiger charge is 2.41. The van der Waals surface area contributed by atoms with Crippen LogP contribution < -0.4 is 5.32 Å². The van der Waals surface area contributed by atoms with E-state index >= 15 is 0 Å². The van der Waals surface area contributed by atoms with E-state index < -0.39 is 32.0 Å². The van der Waals surface area contributed by atoms with Gasteiger partial charge in [0.2, 0.25) is 26.0 Å². The third-order valence-electron chi connectivity index (χ3n) is 6.51. The number of piperazine rings is 1. The largest absolute Gasteiger partial charge is 0.354 e. The zero-order valence-corrected chi connectivity index (χ0v) is 23.3. The Labute approximate surface area is 233 Å². The summed E-state index contributed by atoms with van der Waals surface area (Å²) in [5, 5.41) is 21.0. The number of rotatable bonds is 9.